The number of hydrogen-bond acceptors (Lipinski definition) is 6. The number of carbonyl (C=O) groups excluding carboxylic acids is 2. The molecule has 1 unspecified atom stereocenters. The molecule has 4 N–H and O–H groups in total. The van der Waals surface area contributed by atoms with Crippen LogP contribution in [-0.2, 0) is 9.53 Å². The van der Waals surface area contributed by atoms with Crippen molar-refractivity contribution in [3.05, 3.63) is 40.5 Å². The third kappa shape index (κ3) is 2.93. The Balaban J connectivity index is 2.09. The first-order valence-corrected chi connectivity index (χ1v) is 8.43. The molecule has 1 aromatic heterocycles. The van der Waals surface area contributed by atoms with E-state index in [0.29, 0.717) is 10.7 Å². The van der Waals surface area contributed by atoms with Gasteiger partial charge in [-0.25, -0.2) is 25.0 Å². The standard InChI is InChI=1S/C16H17N5O3S/c1-3-24-15(22)11-8(2)21(20-16(18)23)13(17)12(11)14-19-9-6-4-5-7-10(9)25-14/h4-7,12,17H,3H2,1-2H3,(H3,18,20,23). The molecule has 1 aromatic carbocycles. The van der Waals surface area contributed by atoms with E-state index in [2.05, 4.69) is 10.4 Å². The zero-order chi connectivity index (χ0) is 18.1. The lowest BCUT2D eigenvalue weighted by Crippen LogP contribution is -2.45. The van der Waals surface area contributed by atoms with Crippen molar-refractivity contribution in [2.24, 2.45) is 5.73 Å². The summed E-state index contributed by atoms with van der Waals surface area (Å²) in [7, 11) is 0. The number of ether oxygens (including phenoxy) is 1. The van der Waals surface area contributed by atoms with Crippen molar-refractivity contribution in [2.75, 3.05) is 6.61 Å². The van der Waals surface area contributed by atoms with Gasteiger partial charge in [-0.3, -0.25) is 5.41 Å². The van der Waals surface area contributed by atoms with Crippen molar-refractivity contribution in [3.8, 4) is 0 Å². The lowest BCUT2D eigenvalue weighted by atomic mass is 10.0. The number of para-hydroxylation sites is 1. The molecule has 0 aliphatic carbocycles. The smallest absolute Gasteiger partial charge is 0.337 e. The number of thiazole rings is 1. The number of benzene rings is 1. The van der Waals surface area contributed by atoms with Crippen molar-refractivity contribution in [1.29, 1.82) is 5.41 Å². The summed E-state index contributed by atoms with van der Waals surface area (Å²) in [5.41, 5.74) is 9.00. The number of nitrogens with zero attached hydrogens (tertiary/aromatic N) is 2. The molecule has 130 valence electrons. The molecule has 0 fully saturated rings. The van der Waals surface area contributed by atoms with E-state index in [1.165, 1.54) is 16.3 Å². The van der Waals surface area contributed by atoms with E-state index in [1.54, 1.807) is 13.8 Å². The van der Waals surface area contributed by atoms with Crippen molar-refractivity contribution >= 4 is 39.4 Å². The number of aromatic nitrogens is 1. The predicted octanol–water partition coefficient (Wildman–Crippen LogP) is 2.09. The summed E-state index contributed by atoms with van der Waals surface area (Å²) < 4.78 is 6.09. The van der Waals surface area contributed by atoms with E-state index in [9.17, 15) is 9.59 Å². The normalized spacial score (nSPS) is 17.3. The number of primary amides is 1. The molecule has 1 atom stereocenters. The van der Waals surface area contributed by atoms with Crippen LogP contribution in [0.15, 0.2) is 35.5 Å². The largest absolute Gasteiger partial charge is 0.463 e. The summed E-state index contributed by atoms with van der Waals surface area (Å²) in [5.74, 6) is -1.26. The topological polar surface area (TPSA) is 121 Å². The molecule has 0 bridgehead atoms. The molecular weight excluding hydrogens is 342 g/mol. The SMILES string of the molecule is CCOC(=O)C1=C(C)N(NC(N)=O)C(=N)C1c1nc2ccccc2s1. The van der Waals surface area contributed by atoms with Crippen LogP contribution in [0, 0.1) is 5.41 Å². The van der Waals surface area contributed by atoms with Gasteiger partial charge in [-0.15, -0.1) is 11.3 Å². The molecule has 2 amide bonds. The third-order valence-corrected chi connectivity index (χ3v) is 4.90. The van der Waals surface area contributed by atoms with E-state index in [1.807, 2.05) is 24.3 Å². The van der Waals surface area contributed by atoms with Crippen molar-refractivity contribution < 1.29 is 14.3 Å². The summed E-state index contributed by atoms with van der Waals surface area (Å²) >= 11 is 1.40. The minimum absolute atomic E-state index is 0.00147. The summed E-state index contributed by atoms with van der Waals surface area (Å²) in [6.45, 7) is 3.54. The molecule has 8 nitrogen and oxygen atoms in total. The maximum absolute atomic E-state index is 12.5. The highest BCUT2D eigenvalue weighted by Gasteiger charge is 2.42. The molecule has 0 spiro atoms. The molecule has 3 rings (SSSR count). The van der Waals surface area contributed by atoms with E-state index < -0.39 is 17.9 Å². The molecule has 0 radical (unpaired) electrons. The fourth-order valence-electron chi connectivity index (χ4n) is 2.76. The van der Waals surface area contributed by atoms with Gasteiger partial charge < -0.3 is 10.5 Å². The number of fused-ring (bicyclic) bond motifs is 1. The van der Waals surface area contributed by atoms with Gasteiger partial charge in [0.2, 0.25) is 0 Å². The Morgan fingerprint density at radius 1 is 1.44 bits per heavy atom. The summed E-state index contributed by atoms with van der Waals surface area (Å²) in [5, 5.41) is 10.2. The molecule has 0 saturated heterocycles. The number of rotatable bonds is 4. The average Bonchev–Trinajstić information content (AvgIpc) is 3.08. The van der Waals surface area contributed by atoms with Crippen LogP contribution in [0.5, 0.6) is 0 Å². The van der Waals surface area contributed by atoms with E-state index >= 15 is 0 Å². The Morgan fingerprint density at radius 3 is 2.80 bits per heavy atom. The first-order valence-electron chi connectivity index (χ1n) is 7.62. The Bertz CT molecular complexity index is 871. The van der Waals surface area contributed by atoms with Crippen LogP contribution in [0.1, 0.15) is 24.8 Å². The van der Waals surface area contributed by atoms with Crippen LogP contribution in [0.3, 0.4) is 0 Å². The second-order valence-corrected chi connectivity index (χ2v) is 6.43. The minimum Gasteiger partial charge on any atom is -0.463 e. The Morgan fingerprint density at radius 2 is 2.16 bits per heavy atom. The molecule has 2 heterocycles. The number of amidine groups is 1. The zero-order valence-corrected chi connectivity index (χ0v) is 14.5. The number of carbonyl (C=O) groups is 2. The second kappa shape index (κ2) is 6.52. The lowest BCUT2D eigenvalue weighted by molar-refractivity contribution is -0.138. The van der Waals surface area contributed by atoms with Gasteiger partial charge in [0.15, 0.2) is 0 Å². The van der Waals surface area contributed by atoms with Gasteiger partial charge in [-0.2, -0.15) is 0 Å². The van der Waals surface area contributed by atoms with Gasteiger partial charge in [0.1, 0.15) is 16.8 Å². The van der Waals surface area contributed by atoms with Crippen molar-refractivity contribution in [2.45, 2.75) is 19.8 Å². The average molecular weight is 359 g/mol. The van der Waals surface area contributed by atoms with Crippen LogP contribution in [-0.4, -0.2) is 34.4 Å². The molecule has 0 saturated carbocycles. The predicted molar refractivity (Wildman–Crippen MR) is 94.0 cm³/mol. The quantitative estimate of drug-likeness (QED) is 0.722. The Hall–Kier alpha value is -2.94. The van der Waals surface area contributed by atoms with Crippen molar-refractivity contribution in [1.82, 2.24) is 15.4 Å². The number of esters is 1. The summed E-state index contributed by atoms with van der Waals surface area (Å²) in [4.78, 5) is 28.3. The summed E-state index contributed by atoms with van der Waals surface area (Å²) in [6.07, 6.45) is 0. The number of nitrogens with one attached hydrogen (secondary N) is 2. The fraction of sp³-hybridized carbons (Fsp3) is 0.250. The highest BCUT2D eigenvalue weighted by atomic mass is 32.1. The maximum Gasteiger partial charge on any atom is 0.337 e. The molecule has 9 heteroatoms. The van der Waals surface area contributed by atoms with Gasteiger partial charge in [0.05, 0.1) is 28.1 Å². The number of urea groups is 1. The molecule has 25 heavy (non-hydrogen) atoms. The number of amides is 2. The zero-order valence-electron chi connectivity index (χ0n) is 13.7. The van der Waals surface area contributed by atoms with E-state index in [-0.39, 0.29) is 18.0 Å². The fourth-order valence-corrected chi connectivity index (χ4v) is 3.84. The highest BCUT2D eigenvalue weighted by molar-refractivity contribution is 7.18. The van der Waals surface area contributed by atoms with Crippen LogP contribution >= 0.6 is 11.3 Å². The van der Waals surface area contributed by atoms with Gasteiger partial charge in [0, 0.05) is 0 Å². The first-order chi connectivity index (χ1) is 11.9. The monoisotopic (exact) mass is 359 g/mol. The summed E-state index contributed by atoms with van der Waals surface area (Å²) in [6, 6.07) is 6.75. The van der Waals surface area contributed by atoms with Gasteiger partial charge in [0.25, 0.3) is 0 Å². The van der Waals surface area contributed by atoms with Crippen LogP contribution in [0.4, 0.5) is 4.79 Å². The van der Waals surface area contributed by atoms with Gasteiger partial charge in [-0.1, -0.05) is 12.1 Å². The number of hydrogen-bond donors (Lipinski definition) is 3. The second-order valence-electron chi connectivity index (χ2n) is 5.37. The number of nitrogens with two attached hydrogens (primary N) is 1. The molecular formula is C16H17N5O3S. The lowest BCUT2D eigenvalue weighted by Gasteiger charge is -2.20. The molecule has 2 aromatic rings. The minimum atomic E-state index is -0.822. The van der Waals surface area contributed by atoms with Crippen LogP contribution in [0.25, 0.3) is 10.2 Å². The van der Waals surface area contributed by atoms with Gasteiger partial charge >= 0.3 is 12.0 Å². The maximum atomic E-state index is 12.5. The third-order valence-electron chi connectivity index (χ3n) is 3.80. The van der Waals surface area contributed by atoms with E-state index in [4.69, 9.17) is 15.9 Å². The molecule has 1 aliphatic rings. The highest BCUT2D eigenvalue weighted by Crippen LogP contribution is 2.40. The van der Waals surface area contributed by atoms with Crippen molar-refractivity contribution in [3.63, 3.8) is 0 Å². The number of allylic oxidation sites excluding steroid dienone is 1. The Kier molecular flexibility index (Phi) is 4.41. The number of hydrazine groups is 1. The Labute approximate surface area is 147 Å². The van der Waals surface area contributed by atoms with Gasteiger partial charge in [-0.05, 0) is 26.0 Å². The van der Waals surface area contributed by atoms with E-state index in [0.717, 1.165) is 10.2 Å². The first kappa shape index (κ1) is 16.9. The van der Waals surface area contributed by atoms with Crippen LogP contribution in [0.2, 0.25) is 0 Å². The molecule has 1 aliphatic heterocycles. The van der Waals surface area contributed by atoms with Crippen LogP contribution < -0.4 is 11.2 Å².